The Morgan fingerprint density at radius 3 is 2.21 bits per heavy atom. The van der Waals surface area contributed by atoms with Crippen LogP contribution in [0, 0.1) is 41.5 Å². The molecule has 38 heavy (non-hydrogen) atoms. The predicted molar refractivity (Wildman–Crippen MR) is 161 cm³/mol. The van der Waals surface area contributed by atoms with Crippen LogP contribution in [0.5, 0.6) is 0 Å². The lowest BCUT2D eigenvalue weighted by molar-refractivity contribution is 0.739. The number of pyridine rings is 1. The highest BCUT2D eigenvalue weighted by molar-refractivity contribution is 6.35. The molecule has 0 N–H and O–H groups in total. The van der Waals surface area contributed by atoms with E-state index in [9.17, 15) is 0 Å². The van der Waals surface area contributed by atoms with Crippen molar-refractivity contribution in [2.24, 2.45) is 0 Å². The molecule has 3 heterocycles. The zero-order chi connectivity index (χ0) is 26.6. The topological polar surface area (TPSA) is 35.1 Å². The summed E-state index contributed by atoms with van der Waals surface area (Å²) in [7, 11) is 0. The van der Waals surface area contributed by atoms with E-state index in [1.807, 2.05) is 12.5 Å². The number of fused-ring (bicyclic) bond motifs is 6. The van der Waals surface area contributed by atoms with E-state index >= 15 is 0 Å². The molecule has 0 saturated heterocycles. The molecule has 0 bridgehead atoms. The fourth-order valence-corrected chi connectivity index (χ4v) is 7.07. The summed E-state index contributed by atoms with van der Waals surface area (Å²) in [6.45, 7) is 18.0. The van der Waals surface area contributed by atoms with Crippen molar-refractivity contribution in [3.63, 3.8) is 0 Å². The zero-order valence-corrected chi connectivity index (χ0v) is 23.6. The van der Waals surface area contributed by atoms with Gasteiger partial charge in [0.05, 0.1) is 22.2 Å². The highest BCUT2D eigenvalue weighted by atomic mass is 15.1. The molecule has 0 spiro atoms. The molecule has 3 aromatic heterocycles. The molecule has 0 aliphatic rings. The molecule has 0 radical (unpaired) electrons. The van der Waals surface area contributed by atoms with Crippen LogP contribution in [0.3, 0.4) is 0 Å². The van der Waals surface area contributed by atoms with Gasteiger partial charge in [-0.15, -0.1) is 0 Å². The third-order valence-electron chi connectivity index (χ3n) is 9.00. The Labute approximate surface area is 223 Å². The maximum atomic E-state index is 5.16. The summed E-state index contributed by atoms with van der Waals surface area (Å²) in [4.78, 5) is 10.1. The summed E-state index contributed by atoms with van der Waals surface area (Å²) in [5, 5.41) is 6.46. The quantitative estimate of drug-likeness (QED) is 0.228. The van der Waals surface area contributed by atoms with Gasteiger partial charge < -0.3 is 0 Å². The van der Waals surface area contributed by atoms with E-state index in [0.29, 0.717) is 5.92 Å². The second kappa shape index (κ2) is 7.80. The van der Waals surface area contributed by atoms with Crippen molar-refractivity contribution < 1.29 is 0 Å². The van der Waals surface area contributed by atoms with Gasteiger partial charge in [0.25, 0.3) is 0 Å². The smallest absolute Gasteiger partial charge is 0.145 e. The van der Waals surface area contributed by atoms with E-state index in [1.165, 1.54) is 82.6 Å². The van der Waals surface area contributed by atoms with E-state index < -0.39 is 0 Å². The Morgan fingerprint density at radius 2 is 1.50 bits per heavy atom. The number of benzene rings is 4. The maximum Gasteiger partial charge on any atom is 0.145 e. The van der Waals surface area contributed by atoms with Gasteiger partial charge in [-0.25, -0.2) is 9.97 Å². The van der Waals surface area contributed by atoms with Crippen LogP contribution in [0.4, 0.5) is 0 Å². The molecular formula is C34H34N4. The van der Waals surface area contributed by atoms with Gasteiger partial charge >= 0.3 is 0 Å². The van der Waals surface area contributed by atoms with E-state index in [0.717, 1.165) is 17.6 Å². The average molecular weight is 499 g/mol. The van der Waals surface area contributed by atoms with Crippen LogP contribution in [0.15, 0.2) is 43.0 Å². The summed E-state index contributed by atoms with van der Waals surface area (Å²) >= 11 is 0. The number of aromatic nitrogens is 4. The number of aryl methyl sites for hydroxylation is 6. The molecule has 0 saturated carbocycles. The minimum Gasteiger partial charge on any atom is -0.299 e. The van der Waals surface area contributed by atoms with Crippen LogP contribution in [-0.4, -0.2) is 18.9 Å². The van der Waals surface area contributed by atoms with E-state index in [2.05, 4.69) is 94.8 Å². The first-order chi connectivity index (χ1) is 18.2. The normalized spacial score (nSPS) is 13.3. The molecule has 0 amide bonds. The Balaban J connectivity index is 1.84. The van der Waals surface area contributed by atoms with Crippen molar-refractivity contribution in [1.82, 2.24) is 18.9 Å². The van der Waals surface area contributed by atoms with Gasteiger partial charge in [0.1, 0.15) is 12.0 Å². The minimum atomic E-state index is 0.438. The molecule has 0 aliphatic heterocycles. The third-order valence-corrected chi connectivity index (χ3v) is 9.00. The molecule has 1 unspecified atom stereocenters. The summed E-state index contributed by atoms with van der Waals surface area (Å²) in [6.07, 6.45) is 7.23. The largest absolute Gasteiger partial charge is 0.299 e. The molecule has 0 aliphatic carbocycles. The second-order valence-corrected chi connectivity index (χ2v) is 11.5. The lowest BCUT2D eigenvalue weighted by Gasteiger charge is -2.23. The molecular weight excluding hydrogens is 464 g/mol. The molecule has 4 heteroatoms. The summed E-state index contributed by atoms with van der Waals surface area (Å²) in [5.74, 6) is 0.438. The summed E-state index contributed by atoms with van der Waals surface area (Å²) in [5.41, 5.74) is 14.9. The van der Waals surface area contributed by atoms with Crippen molar-refractivity contribution >= 4 is 49.1 Å². The summed E-state index contributed by atoms with van der Waals surface area (Å²) in [6, 6.07) is 9.36. The van der Waals surface area contributed by atoms with Crippen molar-refractivity contribution in [2.45, 2.75) is 67.7 Å². The van der Waals surface area contributed by atoms with Gasteiger partial charge in [-0.1, -0.05) is 37.6 Å². The van der Waals surface area contributed by atoms with Gasteiger partial charge in [-0.2, -0.15) is 0 Å². The Morgan fingerprint density at radius 1 is 0.763 bits per heavy atom. The lowest BCUT2D eigenvalue weighted by atomic mass is 9.84. The van der Waals surface area contributed by atoms with Crippen LogP contribution >= 0.6 is 0 Å². The lowest BCUT2D eigenvalue weighted by Crippen LogP contribution is -2.04. The van der Waals surface area contributed by atoms with Crippen LogP contribution < -0.4 is 0 Å². The van der Waals surface area contributed by atoms with Gasteiger partial charge in [-0.05, 0) is 93.3 Å². The van der Waals surface area contributed by atoms with Gasteiger partial charge in [-0.3, -0.25) is 8.97 Å². The van der Waals surface area contributed by atoms with Crippen molar-refractivity contribution in [3.8, 4) is 5.69 Å². The Bertz CT molecular complexity index is 2060. The number of imidazole rings is 2. The number of nitrogens with zero attached hydrogens (tertiary/aromatic N) is 4. The maximum absolute atomic E-state index is 5.16. The first-order valence-electron chi connectivity index (χ1n) is 13.7. The van der Waals surface area contributed by atoms with Crippen molar-refractivity contribution in [1.29, 1.82) is 0 Å². The highest BCUT2D eigenvalue weighted by Crippen LogP contribution is 2.47. The summed E-state index contributed by atoms with van der Waals surface area (Å²) < 4.78 is 4.68. The minimum absolute atomic E-state index is 0.438. The highest BCUT2D eigenvalue weighted by Gasteiger charge is 2.26. The molecule has 4 aromatic carbocycles. The van der Waals surface area contributed by atoms with Crippen LogP contribution in [0.2, 0.25) is 0 Å². The van der Waals surface area contributed by atoms with E-state index in [4.69, 9.17) is 9.97 Å². The monoisotopic (exact) mass is 498 g/mol. The van der Waals surface area contributed by atoms with Crippen LogP contribution in [-0.2, 0) is 0 Å². The molecule has 1 atom stereocenters. The molecule has 190 valence electrons. The first kappa shape index (κ1) is 23.2. The van der Waals surface area contributed by atoms with Gasteiger partial charge in [0.15, 0.2) is 0 Å². The first-order valence-corrected chi connectivity index (χ1v) is 13.7. The fraction of sp³-hybridized carbons (Fsp3) is 0.294. The molecule has 0 fully saturated rings. The van der Waals surface area contributed by atoms with Crippen molar-refractivity contribution in [2.75, 3.05) is 0 Å². The number of rotatable bonds is 3. The van der Waals surface area contributed by atoms with Crippen molar-refractivity contribution in [3.05, 3.63) is 81.9 Å². The predicted octanol–water partition coefficient (Wildman–Crippen LogP) is 8.93. The standard InChI is InChI=1S/C34H34N4/c1-9-18(3)24-15-20(5)26-29-27-25(14-19(4)23(8)32(27)37-11-10-35-34(37)28(24)29)33-30(26)36-16-38(33)31-21(6)12-17(2)13-22(31)7/h10-16,18H,9H2,1-8H3. The second-order valence-electron chi connectivity index (χ2n) is 11.5. The van der Waals surface area contributed by atoms with E-state index in [-0.39, 0.29) is 0 Å². The number of hydrogen-bond donors (Lipinski definition) is 0. The van der Waals surface area contributed by atoms with Gasteiger partial charge in [0, 0.05) is 39.3 Å². The SMILES string of the molecule is CCC(C)c1cc(C)c2c3ncn(-c4c(C)cc(C)cc4C)c3c3cc(C)c(C)c4c3c2c1c1nccn14. The fourth-order valence-electron chi connectivity index (χ4n) is 7.07. The molecule has 7 rings (SSSR count). The Kier molecular flexibility index (Phi) is 4.76. The molecule has 4 nitrogen and oxygen atoms in total. The van der Waals surface area contributed by atoms with E-state index in [1.54, 1.807) is 0 Å². The van der Waals surface area contributed by atoms with Gasteiger partial charge in [0.2, 0.25) is 0 Å². The average Bonchev–Trinajstić information content (AvgIpc) is 3.52. The third kappa shape index (κ3) is 2.81. The van der Waals surface area contributed by atoms with Crippen LogP contribution in [0.25, 0.3) is 54.8 Å². The Hall–Kier alpha value is -3.92. The number of hydrogen-bond acceptors (Lipinski definition) is 2. The van der Waals surface area contributed by atoms with Crippen LogP contribution in [0.1, 0.15) is 65.1 Å². The zero-order valence-electron chi connectivity index (χ0n) is 23.6. The molecule has 7 aromatic rings.